The minimum Gasteiger partial charge on any atom is -0.382 e. The zero-order valence-electron chi connectivity index (χ0n) is 19.9. The smallest absolute Gasteiger partial charge is 0.382 e. The summed E-state index contributed by atoms with van der Waals surface area (Å²) in [5.41, 5.74) is -1.31. The zero-order chi connectivity index (χ0) is 26.6. The molecule has 0 radical (unpaired) electrons. The second kappa shape index (κ2) is 9.13. The van der Waals surface area contributed by atoms with Crippen molar-refractivity contribution in [2.75, 3.05) is 13.1 Å². The summed E-state index contributed by atoms with van der Waals surface area (Å²) in [4.78, 5) is 4.35. The molecule has 3 aromatic rings. The normalized spacial score (nSPS) is 26.8. The van der Waals surface area contributed by atoms with Gasteiger partial charge in [0.05, 0.1) is 29.7 Å². The van der Waals surface area contributed by atoms with Crippen molar-refractivity contribution in [1.29, 1.82) is 0 Å². The van der Waals surface area contributed by atoms with E-state index in [0.717, 1.165) is 23.9 Å². The van der Waals surface area contributed by atoms with Crippen molar-refractivity contribution in [2.45, 2.75) is 43.9 Å². The van der Waals surface area contributed by atoms with Crippen molar-refractivity contribution in [2.24, 2.45) is 11.8 Å². The van der Waals surface area contributed by atoms with Crippen LogP contribution in [-0.2, 0) is 18.9 Å². The summed E-state index contributed by atoms with van der Waals surface area (Å²) in [5.74, 6) is 0.316. The van der Waals surface area contributed by atoms with Crippen LogP contribution in [0.1, 0.15) is 41.2 Å². The first-order chi connectivity index (χ1) is 17.4. The van der Waals surface area contributed by atoms with E-state index in [1.54, 1.807) is 12.3 Å². The highest BCUT2D eigenvalue weighted by Crippen LogP contribution is 2.48. The van der Waals surface area contributed by atoms with Crippen LogP contribution in [-0.4, -0.2) is 33.7 Å². The first-order valence-electron chi connectivity index (χ1n) is 12.2. The average molecular weight is 522 g/mol. The Morgan fingerprint density at radius 1 is 1.03 bits per heavy atom. The second-order valence-electron chi connectivity index (χ2n) is 10.3. The summed E-state index contributed by atoms with van der Waals surface area (Å²) in [6.07, 6.45) is -5.99. The highest BCUT2D eigenvalue weighted by molar-refractivity contribution is 5.82. The zero-order valence-corrected chi connectivity index (χ0v) is 19.9. The fourth-order valence-corrected chi connectivity index (χ4v) is 6.44. The van der Waals surface area contributed by atoms with Crippen molar-refractivity contribution in [1.82, 2.24) is 4.98 Å². The molecule has 3 aliphatic heterocycles. The summed E-state index contributed by atoms with van der Waals surface area (Å²) >= 11 is 0. The molecule has 0 aliphatic carbocycles. The van der Waals surface area contributed by atoms with E-state index in [2.05, 4.69) is 11.6 Å². The predicted octanol–water partition coefficient (Wildman–Crippen LogP) is 6.92. The van der Waals surface area contributed by atoms with Crippen molar-refractivity contribution in [3.63, 3.8) is 0 Å². The Labute approximate surface area is 210 Å². The van der Waals surface area contributed by atoms with Gasteiger partial charge in [0.25, 0.3) is 0 Å². The molecule has 9 heteroatoms. The van der Waals surface area contributed by atoms with E-state index < -0.39 is 35.6 Å². The molecule has 5 atom stereocenters. The lowest BCUT2D eigenvalue weighted by molar-refractivity contribution is -0.984. The van der Waals surface area contributed by atoms with Crippen LogP contribution in [0.3, 0.4) is 0 Å². The molecule has 3 nitrogen and oxygen atoms in total. The van der Waals surface area contributed by atoms with Crippen LogP contribution >= 0.6 is 0 Å². The number of aromatic nitrogens is 1. The number of aliphatic hydroxyl groups is 1. The Hall–Kier alpha value is -2.91. The molecular weight excluding hydrogens is 494 g/mol. The van der Waals surface area contributed by atoms with Crippen molar-refractivity contribution in [3.05, 3.63) is 89.6 Å². The van der Waals surface area contributed by atoms with Crippen LogP contribution < -0.4 is 0 Å². The van der Waals surface area contributed by atoms with E-state index >= 15 is 0 Å². The van der Waals surface area contributed by atoms with Gasteiger partial charge in [-0.1, -0.05) is 24.3 Å². The topological polar surface area (TPSA) is 33.1 Å². The molecule has 196 valence electrons. The van der Waals surface area contributed by atoms with Gasteiger partial charge in [0.15, 0.2) is 0 Å². The Balaban J connectivity index is 1.59. The molecule has 3 fully saturated rings. The van der Waals surface area contributed by atoms with Gasteiger partial charge in [0, 0.05) is 35.9 Å². The molecule has 0 saturated carbocycles. The van der Waals surface area contributed by atoms with Gasteiger partial charge < -0.3 is 9.59 Å². The quantitative estimate of drug-likeness (QED) is 0.225. The van der Waals surface area contributed by atoms with Gasteiger partial charge in [-0.05, 0) is 41.8 Å². The maximum Gasteiger partial charge on any atom is 0.416 e. The first kappa shape index (κ1) is 25.7. The molecule has 0 amide bonds. The summed E-state index contributed by atoms with van der Waals surface area (Å²) < 4.78 is 81.6. The van der Waals surface area contributed by atoms with Gasteiger partial charge >= 0.3 is 12.4 Å². The van der Waals surface area contributed by atoms with Crippen LogP contribution in [0.25, 0.3) is 10.9 Å². The number of hydrogen-bond donors (Lipinski definition) is 1. The number of pyridine rings is 1. The summed E-state index contributed by atoms with van der Waals surface area (Å²) in [6, 6.07) is 10.5. The number of piperidine rings is 3. The third-order valence-corrected chi connectivity index (χ3v) is 8.19. The summed E-state index contributed by atoms with van der Waals surface area (Å²) in [7, 11) is 0. The van der Waals surface area contributed by atoms with E-state index in [-0.39, 0.29) is 34.5 Å². The lowest BCUT2D eigenvalue weighted by Gasteiger charge is -2.58. The van der Waals surface area contributed by atoms with Gasteiger partial charge in [-0.2, -0.15) is 26.3 Å². The molecule has 0 spiro atoms. The van der Waals surface area contributed by atoms with Crippen LogP contribution in [0.2, 0.25) is 0 Å². The number of alkyl halides is 6. The Morgan fingerprint density at radius 2 is 1.70 bits per heavy atom. The summed E-state index contributed by atoms with van der Waals surface area (Å²) in [5, 5.41) is 12.5. The van der Waals surface area contributed by atoms with Crippen molar-refractivity contribution < 1.29 is 35.9 Å². The van der Waals surface area contributed by atoms with Crippen molar-refractivity contribution in [3.8, 4) is 0 Å². The fraction of sp³-hybridized carbons (Fsp3) is 0.393. The number of rotatable bonds is 5. The first-order valence-corrected chi connectivity index (χ1v) is 12.2. The van der Waals surface area contributed by atoms with E-state index in [4.69, 9.17) is 0 Å². The number of hydrogen-bond acceptors (Lipinski definition) is 2. The number of halogens is 6. The van der Waals surface area contributed by atoms with Gasteiger partial charge in [-0.15, -0.1) is 6.58 Å². The average Bonchev–Trinajstić information content (AvgIpc) is 2.86. The Bertz CT molecular complexity index is 1280. The third kappa shape index (κ3) is 4.75. The Morgan fingerprint density at radius 3 is 2.35 bits per heavy atom. The van der Waals surface area contributed by atoms with E-state index in [1.807, 2.05) is 30.3 Å². The van der Waals surface area contributed by atoms with Gasteiger partial charge in [0.2, 0.25) is 0 Å². The molecule has 2 bridgehead atoms. The van der Waals surface area contributed by atoms with Crippen LogP contribution in [0.5, 0.6) is 0 Å². The van der Waals surface area contributed by atoms with Gasteiger partial charge in [-0.3, -0.25) is 4.98 Å². The molecule has 3 aliphatic rings. The second-order valence-corrected chi connectivity index (χ2v) is 10.3. The molecule has 1 aromatic heterocycles. The number of para-hydroxylation sites is 1. The molecule has 2 unspecified atom stereocenters. The number of nitrogens with zero attached hydrogens (tertiary/aromatic N) is 2. The number of aliphatic hydroxyl groups excluding tert-OH is 1. The molecular formula is C28H27F6N2O+. The number of fused-ring (bicyclic) bond motifs is 4. The van der Waals surface area contributed by atoms with Gasteiger partial charge in [0.1, 0.15) is 18.7 Å². The monoisotopic (exact) mass is 521 g/mol. The highest BCUT2D eigenvalue weighted by Gasteiger charge is 2.54. The SMILES string of the molecule is C=C[C@H]1C[N+]2(Cc3cc(C(F)(F)F)cc(C(F)(F)F)c3)CCC1C[C@H]2[C@H](O)c1ccnc2ccccc12. The van der Waals surface area contributed by atoms with E-state index in [1.165, 1.54) is 0 Å². The number of benzene rings is 2. The van der Waals surface area contributed by atoms with Crippen molar-refractivity contribution >= 4 is 10.9 Å². The largest absolute Gasteiger partial charge is 0.416 e. The lowest BCUT2D eigenvalue weighted by Crippen LogP contribution is -2.67. The molecule has 6 rings (SSSR count). The highest BCUT2D eigenvalue weighted by atomic mass is 19.4. The lowest BCUT2D eigenvalue weighted by atomic mass is 9.71. The van der Waals surface area contributed by atoms with Crippen LogP contribution in [0, 0.1) is 11.8 Å². The minimum atomic E-state index is -4.91. The summed E-state index contributed by atoms with van der Waals surface area (Å²) in [6.45, 7) is 4.93. The number of quaternary nitrogens is 1. The van der Waals surface area contributed by atoms with Crippen LogP contribution in [0.4, 0.5) is 26.3 Å². The fourth-order valence-electron chi connectivity index (χ4n) is 6.44. The maximum atomic E-state index is 13.6. The van der Waals surface area contributed by atoms with Gasteiger partial charge in [-0.25, -0.2) is 0 Å². The van der Waals surface area contributed by atoms with E-state index in [9.17, 15) is 31.4 Å². The molecule has 4 heterocycles. The maximum absolute atomic E-state index is 13.6. The molecule has 2 aromatic carbocycles. The predicted molar refractivity (Wildman–Crippen MR) is 127 cm³/mol. The molecule has 37 heavy (non-hydrogen) atoms. The minimum absolute atomic E-state index is 0.0397. The van der Waals surface area contributed by atoms with E-state index in [0.29, 0.717) is 30.6 Å². The third-order valence-electron chi connectivity index (χ3n) is 8.19. The van der Waals surface area contributed by atoms with Crippen LogP contribution in [0.15, 0.2) is 67.4 Å². The standard InChI is InChI=1S/C28H27F6N2O/c1-2-18-16-36(15-17-11-20(27(29,30)31)14-21(12-17)28(32,33)34)10-8-19(18)13-25(36)26(37)23-7-9-35-24-6-4-3-5-22(23)24/h2-7,9,11-12,14,18-19,25-26,37H,1,8,10,13,15-16H2/q+1/t18-,19?,25-,26+,36?/m0/s1. The molecule has 1 N–H and O–H groups in total. The molecule has 3 saturated heterocycles. The Kier molecular flexibility index (Phi) is 6.35.